The predicted molar refractivity (Wildman–Crippen MR) is 62.3 cm³/mol. The number of nitrogens with zero attached hydrogens (tertiary/aromatic N) is 1. The van der Waals surface area contributed by atoms with Gasteiger partial charge in [-0.3, -0.25) is 0 Å². The molecule has 1 aromatic heterocycles. The highest BCUT2D eigenvalue weighted by Crippen LogP contribution is 2.18. The molecule has 0 aliphatic heterocycles. The van der Waals surface area contributed by atoms with Crippen LogP contribution in [-0.2, 0) is 4.74 Å². The second kappa shape index (κ2) is 6.10. The lowest BCUT2D eigenvalue weighted by Gasteiger charge is -2.09. The number of hydrogen-bond donors (Lipinski definition) is 1. The molecule has 0 fully saturated rings. The van der Waals surface area contributed by atoms with Gasteiger partial charge in [-0.25, -0.2) is 4.98 Å². The van der Waals surface area contributed by atoms with E-state index < -0.39 is 6.10 Å². The summed E-state index contributed by atoms with van der Waals surface area (Å²) < 4.78 is 4.86. The minimum Gasteiger partial charge on any atom is -0.390 e. The fourth-order valence-electron chi connectivity index (χ4n) is 1.30. The molecule has 0 amide bonds. The van der Waals surface area contributed by atoms with Crippen molar-refractivity contribution in [1.29, 1.82) is 0 Å². The van der Waals surface area contributed by atoms with Gasteiger partial charge in [0.15, 0.2) is 0 Å². The number of thioether (sulfide) groups is 1. The summed E-state index contributed by atoms with van der Waals surface area (Å²) in [6.45, 7) is 4.39. The van der Waals surface area contributed by atoms with Gasteiger partial charge >= 0.3 is 0 Å². The van der Waals surface area contributed by atoms with E-state index in [1.807, 2.05) is 26.0 Å². The van der Waals surface area contributed by atoms with Crippen LogP contribution >= 0.6 is 11.8 Å². The maximum absolute atomic E-state index is 9.48. The second-order valence-corrected chi connectivity index (χ2v) is 4.58. The topological polar surface area (TPSA) is 42.4 Å². The Labute approximate surface area is 94.9 Å². The molecule has 1 unspecified atom stereocenters. The Hall–Kier alpha value is -0.580. The van der Waals surface area contributed by atoms with Gasteiger partial charge in [0.25, 0.3) is 0 Å². The molecular weight excluding hydrogens is 210 g/mol. The van der Waals surface area contributed by atoms with E-state index in [1.165, 1.54) is 5.56 Å². The number of pyridine rings is 1. The number of methoxy groups -OCH3 is 1. The van der Waals surface area contributed by atoms with Gasteiger partial charge in [-0.15, -0.1) is 11.8 Å². The Kier molecular flexibility index (Phi) is 5.08. The summed E-state index contributed by atoms with van der Waals surface area (Å²) in [5.74, 6) is 0.615. The van der Waals surface area contributed by atoms with Crippen molar-refractivity contribution in [3.63, 3.8) is 0 Å². The number of ether oxygens (including phenoxy) is 1. The third-order valence-electron chi connectivity index (χ3n) is 1.86. The third kappa shape index (κ3) is 4.64. The fourth-order valence-corrected chi connectivity index (χ4v) is 2.24. The molecule has 1 rings (SSSR count). The molecule has 0 bridgehead atoms. The van der Waals surface area contributed by atoms with Gasteiger partial charge < -0.3 is 9.84 Å². The van der Waals surface area contributed by atoms with Crippen LogP contribution in [0.2, 0.25) is 0 Å². The van der Waals surface area contributed by atoms with Crippen molar-refractivity contribution in [1.82, 2.24) is 4.98 Å². The molecule has 1 N–H and O–H groups in total. The average Bonchev–Trinajstić information content (AvgIpc) is 2.14. The lowest BCUT2D eigenvalue weighted by molar-refractivity contribution is 0.0794. The van der Waals surface area contributed by atoms with Crippen LogP contribution in [-0.4, -0.2) is 35.7 Å². The largest absolute Gasteiger partial charge is 0.390 e. The van der Waals surface area contributed by atoms with Crippen LogP contribution in [0.25, 0.3) is 0 Å². The van der Waals surface area contributed by atoms with E-state index in [-0.39, 0.29) is 0 Å². The average molecular weight is 227 g/mol. The molecule has 0 spiro atoms. The Bertz CT molecular complexity index is 297. The van der Waals surface area contributed by atoms with E-state index in [2.05, 4.69) is 4.98 Å². The van der Waals surface area contributed by atoms with E-state index in [1.54, 1.807) is 18.9 Å². The maximum atomic E-state index is 9.48. The first kappa shape index (κ1) is 12.5. The van der Waals surface area contributed by atoms with Crippen molar-refractivity contribution in [2.45, 2.75) is 25.0 Å². The molecule has 1 heterocycles. The van der Waals surface area contributed by atoms with Gasteiger partial charge in [-0.05, 0) is 31.5 Å². The first-order chi connectivity index (χ1) is 7.11. The van der Waals surface area contributed by atoms with Crippen molar-refractivity contribution in [2.75, 3.05) is 19.5 Å². The first-order valence-corrected chi connectivity index (χ1v) is 5.85. The molecule has 0 aliphatic rings. The van der Waals surface area contributed by atoms with E-state index in [9.17, 15) is 5.11 Å². The Morgan fingerprint density at radius 1 is 1.47 bits per heavy atom. The molecule has 3 nitrogen and oxygen atoms in total. The minimum atomic E-state index is -0.428. The Morgan fingerprint density at radius 2 is 2.20 bits per heavy atom. The van der Waals surface area contributed by atoms with E-state index >= 15 is 0 Å². The van der Waals surface area contributed by atoms with Crippen molar-refractivity contribution in [3.05, 3.63) is 23.4 Å². The van der Waals surface area contributed by atoms with Crippen molar-refractivity contribution in [3.8, 4) is 0 Å². The standard InChI is InChI=1S/C11H17NO2S/c1-8-4-9(2)12-11(5-8)15-7-10(13)6-14-3/h4-5,10,13H,6-7H2,1-3H3. The normalized spacial score (nSPS) is 12.8. The van der Waals surface area contributed by atoms with E-state index in [0.717, 1.165) is 10.7 Å². The molecule has 1 atom stereocenters. The summed E-state index contributed by atoms with van der Waals surface area (Å²) in [6, 6.07) is 4.06. The summed E-state index contributed by atoms with van der Waals surface area (Å²) in [5.41, 5.74) is 2.21. The zero-order chi connectivity index (χ0) is 11.3. The zero-order valence-corrected chi connectivity index (χ0v) is 10.2. The number of aryl methyl sites for hydroxylation is 2. The van der Waals surface area contributed by atoms with Crippen LogP contribution in [0.15, 0.2) is 17.2 Å². The Morgan fingerprint density at radius 3 is 2.80 bits per heavy atom. The lowest BCUT2D eigenvalue weighted by Crippen LogP contribution is -2.16. The second-order valence-electron chi connectivity index (χ2n) is 3.54. The van der Waals surface area contributed by atoms with E-state index in [0.29, 0.717) is 12.4 Å². The molecule has 84 valence electrons. The summed E-state index contributed by atoms with van der Waals surface area (Å²) in [4.78, 5) is 4.38. The minimum absolute atomic E-state index is 0.373. The van der Waals surface area contributed by atoms with Gasteiger partial charge in [0.1, 0.15) is 0 Å². The van der Waals surface area contributed by atoms with Crippen molar-refractivity contribution < 1.29 is 9.84 Å². The van der Waals surface area contributed by atoms with E-state index in [4.69, 9.17) is 4.74 Å². The predicted octanol–water partition coefficient (Wildman–Crippen LogP) is 1.80. The number of aromatic nitrogens is 1. The van der Waals surface area contributed by atoms with Crippen LogP contribution in [0.3, 0.4) is 0 Å². The number of aliphatic hydroxyl groups is 1. The van der Waals surface area contributed by atoms with Crippen molar-refractivity contribution >= 4 is 11.8 Å². The van der Waals surface area contributed by atoms with Gasteiger partial charge in [0, 0.05) is 18.6 Å². The van der Waals surface area contributed by atoms with Gasteiger partial charge in [0.2, 0.25) is 0 Å². The maximum Gasteiger partial charge on any atom is 0.0966 e. The highest BCUT2D eigenvalue weighted by Gasteiger charge is 2.05. The SMILES string of the molecule is COCC(O)CSc1cc(C)cc(C)n1. The van der Waals surface area contributed by atoms with Gasteiger partial charge in [-0.1, -0.05) is 0 Å². The molecule has 0 saturated carbocycles. The van der Waals surface area contributed by atoms with Crippen LogP contribution in [0, 0.1) is 13.8 Å². The highest BCUT2D eigenvalue weighted by atomic mass is 32.2. The number of rotatable bonds is 5. The summed E-state index contributed by atoms with van der Waals surface area (Å²) in [6.07, 6.45) is -0.428. The molecule has 0 aliphatic carbocycles. The molecule has 0 aromatic carbocycles. The monoisotopic (exact) mass is 227 g/mol. The van der Waals surface area contributed by atoms with Crippen LogP contribution in [0.4, 0.5) is 0 Å². The smallest absolute Gasteiger partial charge is 0.0966 e. The number of aliphatic hydroxyl groups excluding tert-OH is 1. The summed E-state index contributed by atoms with van der Waals surface area (Å²) >= 11 is 1.56. The molecular formula is C11H17NO2S. The van der Waals surface area contributed by atoms with Crippen LogP contribution < -0.4 is 0 Å². The van der Waals surface area contributed by atoms with Gasteiger partial charge in [0.05, 0.1) is 17.7 Å². The summed E-state index contributed by atoms with van der Waals surface area (Å²) in [5, 5.41) is 10.4. The van der Waals surface area contributed by atoms with Crippen LogP contribution in [0.5, 0.6) is 0 Å². The first-order valence-electron chi connectivity index (χ1n) is 4.87. The highest BCUT2D eigenvalue weighted by molar-refractivity contribution is 7.99. The quantitative estimate of drug-likeness (QED) is 0.779. The molecule has 4 heteroatoms. The molecule has 0 saturated heterocycles. The number of hydrogen-bond acceptors (Lipinski definition) is 4. The zero-order valence-electron chi connectivity index (χ0n) is 9.36. The van der Waals surface area contributed by atoms with Gasteiger partial charge in [-0.2, -0.15) is 0 Å². The Balaban J connectivity index is 2.50. The fraction of sp³-hybridized carbons (Fsp3) is 0.545. The molecule has 15 heavy (non-hydrogen) atoms. The lowest BCUT2D eigenvalue weighted by atomic mass is 10.3. The van der Waals surface area contributed by atoms with Crippen molar-refractivity contribution in [2.24, 2.45) is 0 Å². The molecule has 0 radical (unpaired) electrons. The third-order valence-corrected chi connectivity index (χ3v) is 2.91. The van der Waals surface area contributed by atoms with Crippen LogP contribution in [0.1, 0.15) is 11.3 Å². The summed E-state index contributed by atoms with van der Waals surface area (Å²) in [7, 11) is 1.59. The molecule has 1 aromatic rings.